The fourth-order valence-corrected chi connectivity index (χ4v) is 1.43. The van der Waals surface area contributed by atoms with Crippen LogP contribution < -0.4 is 0 Å². The molecule has 0 aromatic heterocycles. The van der Waals surface area contributed by atoms with Crippen molar-refractivity contribution in [1.82, 2.24) is 0 Å². The summed E-state index contributed by atoms with van der Waals surface area (Å²) in [5, 5.41) is 0. The first-order valence-electron chi connectivity index (χ1n) is 4.13. The van der Waals surface area contributed by atoms with Crippen molar-refractivity contribution in [2.45, 2.75) is 24.0 Å². The number of rotatable bonds is 4. The Balaban J connectivity index is 2.25. The summed E-state index contributed by atoms with van der Waals surface area (Å²) in [6, 6.07) is 10.4. The Labute approximate surface area is 84.3 Å². The average molecular weight is 200 g/mol. The third kappa shape index (κ3) is 4.03. The number of hydrogen-bond acceptors (Lipinski definition) is 0. The molecule has 0 aliphatic carbocycles. The zero-order valence-corrected chi connectivity index (χ0v) is 8.44. The van der Waals surface area contributed by atoms with Crippen LogP contribution in [0.3, 0.4) is 0 Å². The molecule has 1 aromatic carbocycles. The molecule has 0 spiro atoms. The van der Waals surface area contributed by atoms with Crippen LogP contribution in [0.2, 0.25) is 0 Å². The lowest BCUT2D eigenvalue weighted by Gasteiger charge is -2.01. The maximum absolute atomic E-state index is 5.66. The van der Waals surface area contributed by atoms with E-state index in [1.165, 1.54) is 5.56 Å². The quantitative estimate of drug-likeness (QED) is 0.648. The van der Waals surface area contributed by atoms with E-state index in [0.29, 0.717) is 0 Å². The van der Waals surface area contributed by atoms with Gasteiger partial charge in [0.1, 0.15) is 0 Å². The highest BCUT2D eigenvalue weighted by molar-refractivity contribution is 7.82. The molecule has 1 aromatic rings. The van der Waals surface area contributed by atoms with Crippen molar-refractivity contribution in [2.24, 2.45) is 0 Å². The van der Waals surface area contributed by atoms with E-state index in [1.807, 2.05) is 6.07 Å². The first-order valence-corrected chi connectivity index (χ1v) is 5.03. The molecule has 0 aliphatic heterocycles. The Kier molecular flexibility index (Phi) is 4.55. The van der Waals surface area contributed by atoms with Crippen molar-refractivity contribution in [3.8, 4) is 0 Å². The van der Waals surface area contributed by atoms with Crippen molar-refractivity contribution in [3.63, 3.8) is 0 Å². The van der Waals surface area contributed by atoms with Crippen molar-refractivity contribution in [3.05, 3.63) is 35.9 Å². The minimum Gasteiger partial charge on any atom is -0.110 e. The smallest absolute Gasteiger partial charge is 0.0892 e. The SMILES string of the molecule is [S]C(Cl)CCCc1ccccc1. The van der Waals surface area contributed by atoms with Crippen LogP contribution >= 0.6 is 24.2 Å². The Morgan fingerprint density at radius 3 is 2.50 bits per heavy atom. The van der Waals surface area contributed by atoms with Crippen molar-refractivity contribution < 1.29 is 0 Å². The summed E-state index contributed by atoms with van der Waals surface area (Å²) in [5.41, 5.74) is 1.37. The molecule has 12 heavy (non-hydrogen) atoms. The largest absolute Gasteiger partial charge is 0.110 e. The van der Waals surface area contributed by atoms with Gasteiger partial charge in [0, 0.05) is 0 Å². The predicted octanol–water partition coefficient (Wildman–Crippen LogP) is 3.77. The molecule has 1 atom stereocenters. The molecule has 0 bridgehead atoms. The van der Waals surface area contributed by atoms with Crippen LogP contribution in [0.4, 0.5) is 0 Å². The lowest BCUT2D eigenvalue weighted by atomic mass is 10.1. The Morgan fingerprint density at radius 1 is 1.25 bits per heavy atom. The van der Waals surface area contributed by atoms with Gasteiger partial charge in [-0.15, -0.1) is 11.6 Å². The topological polar surface area (TPSA) is 0 Å². The van der Waals surface area contributed by atoms with Gasteiger partial charge in [-0.2, -0.15) is 0 Å². The molecule has 0 aliphatic rings. The highest BCUT2D eigenvalue weighted by atomic mass is 35.5. The summed E-state index contributed by atoms with van der Waals surface area (Å²) in [7, 11) is 0. The molecule has 1 unspecified atom stereocenters. The van der Waals surface area contributed by atoms with Gasteiger partial charge in [0.15, 0.2) is 0 Å². The molecule has 0 saturated carbocycles. The van der Waals surface area contributed by atoms with E-state index in [2.05, 4.69) is 24.3 Å². The van der Waals surface area contributed by atoms with E-state index in [9.17, 15) is 0 Å². The third-order valence-electron chi connectivity index (χ3n) is 1.74. The number of alkyl halides is 1. The maximum Gasteiger partial charge on any atom is 0.0892 e. The molecule has 0 heterocycles. The van der Waals surface area contributed by atoms with Crippen LogP contribution in [0.5, 0.6) is 0 Å². The van der Waals surface area contributed by atoms with Gasteiger partial charge in [-0.3, -0.25) is 0 Å². The van der Waals surface area contributed by atoms with E-state index < -0.39 is 0 Å². The number of aryl methyl sites for hydroxylation is 1. The number of hydrogen-bond donors (Lipinski definition) is 0. The van der Waals surface area contributed by atoms with Crippen molar-refractivity contribution in [1.29, 1.82) is 0 Å². The first-order chi connectivity index (χ1) is 5.79. The van der Waals surface area contributed by atoms with Gasteiger partial charge in [-0.25, -0.2) is 0 Å². The van der Waals surface area contributed by atoms with E-state index in [-0.39, 0.29) is 4.71 Å². The highest BCUT2D eigenvalue weighted by Crippen LogP contribution is 2.12. The van der Waals surface area contributed by atoms with Crippen LogP contribution in [0.15, 0.2) is 30.3 Å². The Hall–Kier alpha value is -0.140. The lowest BCUT2D eigenvalue weighted by molar-refractivity contribution is 0.783. The van der Waals surface area contributed by atoms with E-state index in [4.69, 9.17) is 24.2 Å². The van der Waals surface area contributed by atoms with Gasteiger partial charge >= 0.3 is 0 Å². The average Bonchev–Trinajstić information content (AvgIpc) is 2.05. The summed E-state index contributed by atoms with van der Waals surface area (Å²) in [4.78, 5) is 0. The van der Waals surface area contributed by atoms with Gasteiger partial charge in [0.05, 0.1) is 4.71 Å². The van der Waals surface area contributed by atoms with Gasteiger partial charge in [-0.1, -0.05) is 43.0 Å². The third-order valence-corrected chi connectivity index (χ3v) is 2.19. The highest BCUT2D eigenvalue weighted by Gasteiger charge is 1.97. The van der Waals surface area contributed by atoms with E-state index in [1.54, 1.807) is 0 Å². The number of benzene rings is 1. The zero-order chi connectivity index (χ0) is 8.81. The lowest BCUT2D eigenvalue weighted by Crippen LogP contribution is -1.90. The van der Waals surface area contributed by atoms with Crippen LogP contribution in [-0.4, -0.2) is 4.71 Å². The fourth-order valence-electron chi connectivity index (χ4n) is 1.11. The van der Waals surface area contributed by atoms with Crippen molar-refractivity contribution >= 4 is 24.2 Å². The summed E-state index contributed by atoms with van der Waals surface area (Å²) < 4.78 is -0.103. The minimum atomic E-state index is -0.103. The normalized spacial score (nSPS) is 12.8. The summed E-state index contributed by atoms with van der Waals surface area (Å²) in [5.74, 6) is 0. The van der Waals surface area contributed by atoms with Crippen LogP contribution in [0.1, 0.15) is 18.4 Å². The maximum atomic E-state index is 5.66. The molecule has 65 valence electrons. The molecule has 0 saturated heterocycles. The summed E-state index contributed by atoms with van der Waals surface area (Å²) in [6.45, 7) is 0. The monoisotopic (exact) mass is 199 g/mol. The van der Waals surface area contributed by atoms with Crippen molar-refractivity contribution in [2.75, 3.05) is 0 Å². The van der Waals surface area contributed by atoms with Gasteiger partial charge < -0.3 is 0 Å². The van der Waals surface area contributed by atoms with Crippen LogP contribution in [0, 0.1) is 0 Å². The summed E-state index contributed by atoms with van der Waals surface area (Å²) >= 11 is 10.5. The van der Waals surface area contributed by atoms with Gasteiger partial charge in [0.25, 0.3) is 0 Å². The van der Waals surface area contributed by atoms with E-state index >= 15 is 0 Å². The molecule has 0 N–H and O–H groups in total. The Morgan fingerprint density at radius 2 is 1.92 bits per heavy atom. The molecule has 2 heteroatoms. The van der Waals surface area contributed by atoms with Crippen LogP contribution in [-0.2, 0) is 6.42 Å². The summed E-state index contributed by atoms with van der Waals surface area (Å²) in [6.07, 6.45) is 3.09. The fraction of sp³-hybridized carbons (Fsp3) is 0.400. The van der Waals surface area contributed by atoms with Crippen LogP contribution in [0.25, 0.3) is 0 Å². The zero-order valence-electron chi connectivity index (χ0n) is 6.87. The predicted molar refractivity (Wildman–Crippen MR) is 56.6 cm³/mol. The first kappa shape index (κ1) is 9.94. The minimum absolute atomic E-state index is 0.103. The van der Waals surface area contributed by atoms with Gasteiger partial charge in [0.2, 0.25) is 0 Å². The molecule has 0 fully saturated rings. The second-order valence-corrected chi connectivity index (χ2v) is 4.14. The molecule has 1 rings (SSSR count). The molecule has 0 amide bonds. The number of halogens is 1. The molecular weight excluding hydrogens is 188 g/mol. The molecular formula is C10H12ClS. The second kappa shape index (κ2) is 5.50. The Bertz CT molecular complexity index is 208. The molecule has 1 radical (unpaired) electrons. The molecule has 0 nitrogen and oxygen atoms in total. The van der Waals surface area contributed by atoms with Gasteiger partial charge in [-0.05, 0) is 24.8 Å². The second-order valence-electron chi connectivity index (χ2n) is 2.79. The standard InChI is InChI=1S/C10H12ClS/c11-10(12)8-4-7-9-5-2-1-3-6-9/h1-3,5-6,10H,4,7-8H2. The van der Waals surface area contributed by atoms with E-state index in [0.717, 1.165) is 19.3 Å².